The minimum Gasteiger partial charge on any atom is -0.487 e. The first kappa shape index (κ1) is 25.0. The van der Waals surface area contributed by atoms with Crippen LogP contribution in [0.3, 0.4) is 0 Å². The van der Waals surface area contributed by atoms with Crippen molar-refractivity contribution in [3.8, 4) is 33.2 Å². The van der Waals surface area contributed by atoms with E-state index in [1.165, 1.54) is 11.3 Å². The summed E-state index contributed by atoms with van der Waals surface area (Å²) in [4.78, 5) is 28.6. The lowest BCUT2D eigenvalue weighted by molar-refractivity contribution is -0.136. The van der Waals surface area contributed by atoms with Crippen LogP contribution in [-0.2, 0) is 16.0 Å². The summed E-state index contributed by atoms with van der Waals surface area (Å²) in [6, 6.07) is 12.8. The fraction of sp³-hybridized carbons (Fsp3) is 0.250. The lowest BCUT2D eigenvalue weighted by Gasteiger charge is -2.24. The van der Waals surface area contributed by atoms with Gasteiger partial charge in [-0.1, -0.05) is 17.7 Å². The summed E-state index contributed by atoms with van der Waals surface area (Å²) >= 11 is 7.78. The number of carbonyl (C=O) groups excluding carboxylic acids is 1. The predicted molar refractivity (Wildman–Crippen MR) is 146 cm³/mol. The van der Waals surface area contributed by atoms with Gasteiger partial charge in [0.2, 0.25) is 0 Å². The number of aryl methyl sites for hydroxylation is 1. The molecule has 5 rings (SSSR count). The Bertz CT molecular complexity index is 1570. The van der Waals surface area contributed by atoms with E-state index < -0.39 is 11.6 Å². The Balaban J connectivity index is 1.78. The number of thiazole rings is 1. The summed E-state index contributed by atoms with van der Waals surface area (Å²) in [5, 5.41) is 13.8. The zero-order valence-electron chi connectivity index (χ0n) is 20.8. The molecule has 9 heteroatoms. The molecule has 0 unspecified atom stereocenters. The number of halogens is 1. The van der Waals surface area contributed by atoms with Crippen LogP contribution in [0.2, 0.25) is 5.02 Å². The number of benzene rings is 3. The van der Waals surface area contributed by atoms with Gasteiger partial charge in [-0.05, 0) is 75.2 Å². The quantitative estimate of drug-likeness (QED) is 0.293. The molecule has 3 aromatic carbocycles. The van der Waals surface area contributed by atoms with Crippen LogP contribution in [0, 0.1) is 6.92 Å². The first-order valence-electron chi connectivity index (χ1n) is 11.7. The van der Waals surface area contributed by atoms with Crippen molar-refractivity contribution >= 4 is 50.7 Å². The van der Waals surface area contributed by atoms with Gasteiger partial charge < -0.3 is 19.9 Å². The number of rotatable bonds is 5. The number of carbonyl (C=O) groups is 2. The number of aliphatic carboxylic acids is 1. The number of hydrogen-bond donors (Lipinski definition) is 2. The highest BCUT2D eigenvalue weighted by Crippen LogP contribution is 2.47. The molecule has 1 aliphatic rings. The van der Waals surface area contributed by atoms with Crippen LogP contribution in [0.25, 0.3) is 31.9 Å². The third-order valence-corrected chi connectivity index (χ3v) is 7.19. The lowest BCUT2D eigenvalue weighted by Crippen LogP contribution is -2.25. The molecule has 190 valence electrons. The fourth-order valence-electron chi connectivity index (χ4n) is 4.41. The summed E-state index contributed by atoms with van der Waals surface area (Å²) in [5.74, 6) is -0.00804. The monoisotopic (exact) mass is 536 g/mol. The van der Waals surface area contributed by atoms with Gasteiger partial charge in [-0.3, -0.25) is 9.59 Å². The normalized spacial score (nSPS) is 13.2. The van der Waals surface area contributed by atoms with Gasteiger partial charge in [-0.15, -0.1) is 11.3 Å². The zero-order chi connectivity index (χ0) is 26.5. The topological polar surface area (TPSA) is 97.8 Å². The maximum absolute atomic E-state index is 11.9. The molecule has 7 nitrogen and oxygen atoms in total. The van der Waals surface area contributed by atoms with Crippen molar-refractivity contribution in [3.63, 3.8) is 0 Å². The van der Waals surface area contributed by atoms with E-state index in [2.05, 4.69) is 5.32 Å². The van der Waals surface area contributed by atoms with E-state index in [9.17, 15) is 14.7 Å². The van der Waals surface area contributed by atoms with E-state index >= 15 is 0 Å². The highest BCUT2D eigenvalue weighted by molar-refractivity contribution is 7.22. The van der Waals surface area contributed by atoms with Crippen LogP contribution in [-0.4, -0.2) is 34.2 Å². The van der Waals surface area contributed by atoms with E-state index in [-0.39, 0.29) is 18.9 Å². The molecule has 0 fully saturated rings. The molecule has 0 saturated carbocycles. The second-order valence-corrected chi connectivity index (χ2v) is 11.3. The van der Waals surface area contributed by atoms with E-state index in [1.807, 2.05) is 52.0 Å². The van der Waals surface area contributed by atoms with Crippen molar-refractivity contribution < 1.29 is 24.2 Å². The SMILES string of the molecule is Cc1cc2nc(-c3cccc4c3OCC(=O)N4)sc2c(-c2ccc(Cl)cc2OC(C)(C)C)c1CC(=O)O. The average Bonchev–Trinajstić information content (AvgIpc) is 3.21. The maximum atomic E-state index is 11.9. The standard InChI is InChI=1S/C28H25ClN2O5S/c1-14-10-20-26(37-27(31-20)17-6-5-7-19-25(17)35-13-22(32)30-19)24(18(14)12-23(33)34)16-9-8-15(29)11-21(16)36-28(2,3)4/h5-11H,12-13H2,1-4H3,(H,30,32)(H,33,34). The van der Waals surface area contributed by atoms with Crippen LogP contribution < -0.4 is 14.8 Å². The Hall–Kier alpha value is -3.62. The molecule has 0 radical (unpaired) electrons. The Morgan fingerprint density at radius 1 is 1.22 bits per heavy atom. The summed E-state index contributed by atoms with van der Waals surface area (Å²) < 4.78 is 12.9. The van der Waals surface area contributed by atoms with E-state index in [4.69, 9.17) is 26.1 Å². The van der Waals surface area contributed by atoms with Crippen molar-refractivity contribution in [2.45, 2.75) is 39.7 Å². The Labute approximate surface area is 223 Å². The molecule has 0 saturated heterocycles. The highest BCUT2D eigenvalue weighted by Gasteiger charge is 2.26. The number of amides is 1. The molecule has 37 heavy (non-hydrogen) atoms. The molecule has 0 bridgehead atoms. The number of para-hydroxylation sites is 1. The Kier molecular flexibility index (Phi) is 6.33. The molecule has 1 aliphatic heterocycles. The molecule has 4 aromatic rings. The highest BCUT2D eigenvalue weighted by atomic mass is 35.5. The number of hydrogen-bond acceptors (Lipinski definition) is 6. The minimum absolute atomic E-state index is 0.0691. The molecule has 0 aliphatic carbocycles. The van der Waals surface area contributed by atoms with Gasteiger partial charge in [-0.25, -0.2) is 4.98 Å². The van der Waals surface area contributed by atoms with Crippen LogP contribution in [0.1, 0.15) is 31.9 Å². The maximum Gasteiger partial charge on any atom is 0.307 e. The smallest absolute Gasteiger partial charge is 0.307 e. The summed E-state index contributed by atoms with van der Waals surface area (Å²) in [6.45, 7) is 7.67. The first-order chi connectivity index (χ1) is 17.5. The molecule has 2 heterocycles. The molecular formula is C28H25ClN2O5S. The third-order valence-electron chi connectivity index (χ3n) is 5.84. The summed E-state index contributed by atoms with van der Waals surface area (Å²) in [6.07, 6.45) is -0.155. The Morgan fingerprint density at radius 3 is 2.73 bits per heavy atom. The van der Waals surface area contributed by atoms with E-state index in [0.29, 0.717) is 32.8 Å². The van der Waals surface area contributed by atoms with Gasteiger partial charge in [0.1, 0.15) is 16.4 Å². The van der Waals surface area contributed by atoms with Gasteiger partial charge in [0.05, 0.1) is 27.9 Å². The van der Waals surface area contributed by atoms with E-state index in [0.717, 1.165) is 32.5 Å². The molecule has 0 spiro atoms. The van der Waals surface area contributed by atoms with E-state index in [1.54, 1.807) is 18.2 Å². The number of ether oxygens (including phenoxy) is 2. The van der Waals surface area contributed by atoms with Crippen molar-refractivity contribution in [3.05, 3.63) is 58.6 Å². The summed E-state index contributed by atoms with van der Waals surface area (Å²) in [7, 11) is 0. The number of anilines is 1. The number of nitrogens with one attached hydrogen (secondary N) is 1. The van der Waals surface area contributed by atoms with Gasteiger partial charge in [0.15, 0.2) is 12.4 Å². The number of nitrogens with zero attached hydrogens (tertiary/aromatic N) is 1. The van der Waals surface area contributed by atoms with Crippen LogP contribution in [0.15, 0.2) is 42.5 Å². The number of fused-ring (bicyclic) bond motifs is 2. The van der Waals surface area contributed by atoms with Crippen LogP contribution in [0.4, 0.5) is 5.69 Å². The molecule has 1 aromatic heterocycles. The molecule has 1 amide bonds. The van der Waals surface area contributed by atoms with Gasteiger partial charge in [0.25, 0.3) is 5.91 Å². The molecular weight excluding hydrogens is 512 g/mol. The molecule has 0 atom stereocenters. The number of carboxylic acids is 1. The van der Waals surface area contributed by atoms with Crippen LogP contribution in [0.5, 0.6) is 11.5 Å². The van der Waals surface area contributed by atoms with Crippen molar-refractivity contribution in [2.24, 2.45) is 0 Å². The van der Waals surface area contributed by atoms with Crippen molar-refractivity contribution in [2.75, 3.05) is 11.9 Å². The second-order valence-electron chi connectivity index (χ2n) is 9.86. The molecule has 2 N–H and O–H groups in total. The van der Waals surface area contributed by atoms with Gasteiger partial charge in [-0.2, -0.15) is 0 Å². The number of aromatic nitrogens is 1. The third kappa shape index (κ3) is 4.99. The second kappa shape index (κ2) is 9.36. The van der Waals surface area contributed by atoms with Crippen molar-refractivity contribution in [1.29, 1.82) is 0 Å². The zero-order valence-corrected chi connectivity index (χ0v) is 22.3. The predicted octanol–water partition coefficient (Wildman–Crippen LogP) is 6.73. The van der Waals surface area contributed by atoms with Crippen LogP contribution >= 0.6 is 22.9 Å². The lowest BCUT2D eigenvalue weighted by atomic mass is 9.92. The number of carboxylic acid groups (broad SMARTS) is 1. The van der Waals surface area contributed by atoms with Crippen molar-refractivity contribution in [1.82, 2.24) is 4.98 Å². The first-order valence-corrected chi connectivity index (χ1v) is 12.9. The average molecular weight is 537 g/mol. The van der Waals surface area contributed by atoms with Gasteiger partial charge in [0, 0.05) is 16.1 Å². The minimum atomic E-state index is -0.929. The van der Waals surface area contributed by atoms with Gasteiger partial charge >= 0.3 is 5.97 Å². The summed E-state index contributed by atoms with van der Waals surface area (Å²) in [5.41, 5.74) is 4.59. The fourth-order valence-corrected chi connectivity index (χ4v) is 5.73. The Morgan fingerprint density at radius 2 is 2.00 bits per heavy atom. The largest absolute Gasteiger partial charge is 0.487 e.